The standard InChI is InChI=1S/C12H17N3O2/c1-12(2)5-8-10(9(16)6-12)7(3-4-13)14-11(17)15-8/h3-6,13H2,1-2H3,(H,14,15,17). The molecule has 5 heteroatoms. The first-order chi connectivity index (χ1) is 7.93. The van der Waals surface area contributed by atoms with Crippen LogP contribution in [0.1, 0.15) is 42.0 Å². The smallest absolute Gasteiger partial charge is 0.330 e. The lowest BCUT2D eigenvalue weighted by Crippen LogP contribution is -2.33. The first-order valence-electron chi connectivity index (χ1n) is 5.78. The zero-order chi connectivity index (χ0) is 12.6. The fourth-order valence-corrected chi connectivity index (χ4v) is 2.42. The molecule has 1 heterocycles. The van der Waals surface area contributed by atoms with Gasteiger partial charge in [0.05, 0.1) is 11.3 Å². The van der Waals surface area contributed by atoms with E-state index < -0.39 is 5.69 Å². The first kappa shape index (κ1) is 12.0. The van der Waals surface area contributed by atoms with Crippen LogP contribution in [0.4, 0.5) is 0 Å². The molecule has 3 N–H and O–H groups in total. The molecular formula is C12H17N3O2. The Labute approximate surface area is 99.4 Å². The van der Waals surface area contributed by atoms with E-state index in [0.717, 1.165) is 5.69 Å². The highest BCUT2D eigenvalue weighted by atomic mass is 16.1. The number of hydrogen-bond donors (Lipinski definition) is 2. The quantitative estimate of drug-likeness (QED) is 0.777. The van der Waals surface area contributed by atoms with Gasteiger partial charge >= 0.3 is 5.69 Å². The molecule has 0 spiro atoms. The molecule has 2 rings (SSSR count). The van der Waals surface area contributed by atoms with Gasteiger partial charge in [-0.05, 0) is 18.4 Å². The SMILES string of the molecule is CC1(C)CC(=O)c2c(CCN)nc(=O)[nH]c2C1. The highest BCUT2D eigenvalue weighted by Crippen LogP contribution is 2.34. The van der Waals surface area contributed by atoms with Gasteiger partial charge in [-0.1, -0.05) is 13.8 Å². The molecule has 0 saturated heterocycles. The average Bonchev–Trinajstić information content (AvgIpc) is 2.13. The lowest BCUT2D eigenvalue weighted by Gasteiger charge is -2.30. The summed E-state index contributed by atoms with van der Waals surface area (Å²) in [5.74, 6) is 0.0588. The average molecular weight is 235 g/mol. The number of ketones is 1. The molecule has 1 aromatic rings. The van der Waals surface area contributed by atoms with Crippen molar-refractivity contribution >= 4 is 5.78 Å². The van der Waals surface area contributed by atoms with Crippen molar-refractivity contribution in [1.29, 1.82) is 0 Å². The van der Waals surface area contributed by atoms with E-state index in [1.807, 2.05) is 13.8 Å². The minimum Gasteiger partial charge on any atom is -0.330 e. The van der Waals surface area contributed by atoms with Crippen LogP contribution in [0.3, 0.4) is 0 Å². The first-order valence-corrected chi connectivity index (χ1v) is 5.78. The van der Waals surface area contributed by atoms with Crippen molar-refractivity contribution in [2.24, 2.45) is 11.1 Å². The number of nitrogens with one attached hydrogen (secondary N) is 1. The number of carbonyl (C=O) groups is 1. The normalized spacial score (nSPS) is 17.9. The van der Waals surface area contributed by atoms with Crippen LogP contribution in [-0.2, 0) is 12.8 Å². The fourth-order valence-electron chi connectivity index (χ4n) is 2.42. The summed E-state index contributed by atoms with van der Waals surface area (Å²) in [5, 5.41) is 0. The number of Topliss-reactive ketones (excluding diaryl/α,β-unsaturated/α-hetero) is 1. The third-order valence-electron chi connectivity index (χ3n) is 3.04. The van der Waals surface area contributed by atoms with Gasteiger partial charge in [-0.15, -0.1) is 0 Å². The second-order valence-corrected chi connectivity index (χ2v) is 5.32. The molecule has 0 bridgehead atoms. The van der Waals surface area contributed by atoms with Crippen molar-refractivity contribution in [3.63, 3.8) is 0 Å². The van der Waals surface area contributed by atoms with Crippen molar-refractivity contribution in [3.05, 3.63) is 27.4 Å². The van der Waals surface area contributed by atoms with Crippen LogP contribution >= 0.6 is 0 Å². The van der Waals surface area contributed by atoms with Gasteiger partial charge in [0.25, 0.3) is 0 Å². The predicted molar refractivity (Wildman–Crippen MR) is 64.0 cm³/mol. The Balaban J connectivity index is 2.58. The Hall–Kier alpha value is -1.49. The molecule has 0 radical (unpaired) electrons. The topological polar surface area (TPSA) is 88.8 Å². The molecule has 0 aromatic carbocycles. The van der Waals surface area contributed by atoms with E-state index >= 15 is 0 Å². The van der Waals surface area contributed by atoms with Gasteiger partial charge in [0.2, 0.25) is 0 Å². The summed E-state index contributed by atoms with van der Waals surface area (Å²) in [7, 11) is 0. The molecule has 0 fully saturated rings. The van der Waals surface area contributed by atoms with Crippen molar-refractivity contribution in [3.8, 4) is 0 Å². The highest BCUT2D eigenvalue weighted by Gasteiger charge is 2.33. The van der Waals surface area contributed by atoms with Gasteiger partial charge in [-0.2, -0.15) is 4.98 Å². The minimum atomic E-state index is -0.391. The molecule has 1 aliphatic rings. The zero-order valence-corrected chi connectivity index (χ0v) is 10.2. The lowest BCUT2D eigenvalue weighted by atomic mass is 9.75. The van der Waals surface area contributed by atoms with Crippen molar-refractivity contribution in [2.45, 2.75) is 33.1 Å². The van der Waals surface area contributed by atoms with Gasteiger partial charge in [-0.25, -0.2) is 4.79 Å². The van der Waals surface area contributed by atoms with Crippen LogP contribution in [0.25, 0.3) is 0 Å². The minimum absolute atomic E-state index is 0.0588. The molecule has 0 aliphatic heterocycles. The molecule has 0 amide bonds. The van der Waals surface area contributed by atoms with Gasteiger partial charge < -0.3 is 10.7 Å². The van der Waals surface area contributed by atoms with Crippen molar-refractivity contribution < 1.29 is 4.79 Å². The Morgan fingerprint density at radius 3 is 2.71 bits per heavy atom. The Morgan fingerprint density at radius 2 is 2.06 bits per heavy atom. The van der Waals surface area contributed by atoms with Crippen LogP contribution in [-0.4, -0.2) is 22.3 Å². The summed E-state index contributed by atoms with van der Waals surface area (Å²) < 4.78 is 0. The van der Waals surface area contributed by atoms with E-state index in [1.54, 1.807) is 0 Å². The maximum absolute atomic E-state index is 12.1. The van der Waals surface area contributed by atoms with Gasteiger partial charge in [0, 0.05) is 18.5 Å². The predicted octanol–water partition coefficient (Wildman–Crippen LogP) is 0.426. The number of aromatic amines is 1. The van der Waals surface area contributed by atoms with Crippen LogP contribution in [0, 0.1) is 5.41 Å². The monoisotopic (exact) mass is 235 g/mol. The van der Waals surface area contributed by atoms with Gasteiger partial charge in [-0.3, -0.25) is 4.79 Å². The van der Waals surface area contributed by atoms with Gasteiger partial charge in [0.15, 0.2) is 5.78 Å². The Bertz CT molecular complexity index is 517. The third-order valence-corrected chi connectivity index (χ3v) is 3.04. The number of nitrogens with zero attached hydrogens (tertiary/aromatic N) is 1. The van der Waals surface area contributed by atoms with E-state index in [2.05, 4.69) is 9.97 Å². The van der Waals surface area contributed by atoms with E-state index in [4.69, 9.17) is 5.73 Å². The number of rotatable bonds is 2. The molecule has 1 aliphatic carbocycles. The second-order valence-electron chi connectivity index (χ2n) is 5.32. The fraction of sp³-hybridized carbons (Fsp3) is 0.583. The number of fused-ring (bicyclic) bond motifs is 1. The third kappa shape index (κ3) is 2.29. The van der Waals surface area contributed by atoms with Crippen molar-refractivity contribution in [1.82, 2.24) is 9.97 Å². The molecule has 17 heavy (non-hydrogen) atoms. The molecular weight excluding hydrogens is 218 g/mol. The molecule has 0 saturated carbocycles. The number of carbonyl (C=O) groups excluding carboxylic acids is 1. The second kappa shape index (κ2) is 4.07. The number of aromatic nitrogens is 2. The van der Waals surface area contributed by atoms with E-state index in [1.165, 1.54) is 0 Å². The number of nitrogens with two attached hydrogens (primary N) is 1. The summed E-state index contributed by atoms with van der Waals surface area (Å²) in [4.78, 5) is 30.1. The molecule has 1 aromatic heterocycles. The van der Waals surface area contributed by atoms with Crippen LogP contribution < -0.4 is 11.4 Å². The maximum Gasteiger partial charge on any atom is 0.345 e. The lowest BCUT2D eigenvalue weighted by molar-refractivity contribution is 0.0908. The Morgan fingerprint density at radius 1 is 1.35 bits per heavy atom. The molecule has 0 atom stereocenters. The summed E-state index contributed by atoms with van der Waals surface area (Å²) in [6.45, 7) is 4.43. The van der Waals surface area contributed by atoms with Crippen LogP contribution in [0.5, 0.6) is 0 Å². The van der Waals surface area contributed by atoms with Crippen LogP contribution in [0.2, 0.25) is 0 Å². The molecule has 5 nitrogen and oxygen atoms in total. The van der Waals surface area contributed by atoms with Crippen molar-refractivity contribution in [2.75, 3.05) is 6.54 Å². The van der Waals surface area contributed by atoms with Crippen LogP contribution in [0.15, 0.2) is 4.79 Å². The summed E-state index contributed by atoms with van der Waals surface area (Å²) in [6, 6.07) is 0. The number of hydrogen-bond acceptors (Lipinski definition) is 4. The van der Waals surface area contributed by atoms with E-state index in [-0.39, 0.29) is 11.2 Å². The largest absolute Gasteiger partial charge is 0.345 e. The summed E-state index contributed by atoms with van der Waals surface area (Å²) in [5.41, 5.74) is 6.84. The molecule has 0 unspecified atom stereocenters. The molecule has 92 valence electrons. The summed E-state index contributed by atoms with van der Waals surface area (Å²) >= 11 is 0. The highest BCUT2D eigenvalue weighted by molar-refractivity contribution is 5.99. The zero-order valence-electron chi connectivity index (χ0n) is 10.2. The van der Waals surface area contributed by atoms with Gasteiger partial charge in [0.1, 0.15) is 0 Å². The maximum atomic E-state index is 12.1. The number of H-pyrrole nitrogens is 1. The van der Waals surface area contributed by atoms with E-state index in [0.29, 0.717) is 37.1 Å². The Kier molecular flexibility index (Phi) is 2.87. The van der Waals surface area contributed by atoms with E-state index in [9.17, 15) is 9.59 Å². The summed E-state index contributed by atoms with van der Waals surface area (Å²) in [6.07, 6.45) is 1.66.